The van der Waals surface area contributed by atoms with Gasteiger partial charge in [-0.3, -0.25) is 4.79 Å². The summed E-state index contributed by atoms with van der Waals surface area (Å²) in [4.78, 5) is 20.8. The van der Waals surface area contributed by atoms with E-state index in [1.807, 2.05) is 0 Å². The van der Waals surface area contributed by atoms with Gasteiger partial charge in [-0.2, -0.15) is 18.4 Å². The molecule has 18 heavy (non-hydrogen) atoms. The SMILES string of the molecule is N#Cc1nc2nc[nH]c2cc1NC(=O)C(F)(F)F. The molecule has 0 bridgehead atoms. The Balaban J connectivity index is 2.44. The highest BCUT2D eigenvalue weighted by Crippen LogP contribution is 2.22. The first-order valence-corrected chi connectivity index (χ1v) is 4.54. The van der Waals surface area contributed by atoms with Crippen LogP contribution in [0.2, 0.25) is 0 Å². The van der Waals surface area contributed by atoms with Crippen molar-refractivity contribution in [3.63, 3.8) is 0 Å². The number of carbonyl (C=O) groups excluding carboxylic acids is 1. The quantitative estimate of drug-likeness (QED) is 0.803. The monoisotopic (exact) mass is 255 g/mol. The van der Waals surface area contributed by atoms with Crippen molar-refractivity contribution in [2.24, 2.45) is 0 Å². The highest BCUT2D eigenvalue weighted by Gasteiger charge is 2.39. The number of hydrogen-bond donors (Lipinski definition) is 2. The lowest BCUT2D eigenvalue weighted by atomic mass is 10.3. The van der Waals surface area contributed by atoms with Crippen LogP contribution in [0.3, 0.4) is 0 Å². The molecule has 2 rings (SSSR count). The van der Waals surface area contributed by atoms with Crippen LogP contribution in [0.25, 0.3) is 11.2 Å². The second-order valence-corrected chi connectivity index (χ2v) is 3.22. The van der Waals surface area contributed by atoms with Gasteiger partial charge in [0, 0.05) is 0 Å². The lowest BCUT2D eigenvalue weighted by Gasteiger charge is -2.08. The summed E-state index contributed by atoms with van der Waals surface area (Å²) in [6, 6.07) is 2.75. The fourth-order valence-electron chi connectivity index (χ4n) is 1.24. The number of imidazole rings is 1. The Bertz CT molecular complexity index is 654. The normalized spacial score (nSPS) is 11.2. The minimum Gasteiger partial charge on any atom is -0.343 e. The minimum atomic E-state index is -5.03. The molecule has 0 unspecified atom stereocenters. The zero-order chi connectivity index (χ0) is 13.3. The van der Waals surface area contributed by atoms with E-state index in [-0.39, 0.29) is 17.0 Å². The molecule has 0 saturated heterocycles. The van der Waals surface area contributed by atoms with Gasteiger partial charge >= 0.3 is 12.1 Å². The standard InChI is InChI=1S/C9H4F3N5O/c10-9(11,12)8(18)17-4-1-5-7(15-3-14-5)16-6(4)2-13/h1,3H,(H,17,18)(H,14,15,16). The van der Waals surface area contributed by atoms with Gasteiger partial charge in [0.2, 0.25) is 0 Å². The maximum Gasteiger partial charge on any atom is 0.471 e. The molecule has 0 atom stereocenters. The first kappa shape index (κ1) is 11.8. The van der Waals surface area contributed by atoms with Crippen LogP contribution in [-0.4, -0.2) is 27.0 Å². The summed E-state index contributed by atoms with van der Waals surface area (Å²) in [5.74, 6) is -2.17. The van der Waals surface area contributed by atoms with Crippen molar-refractivity contribution in [2.75, 3.05) is 5.32 Å². The third kappa shape index (κ3) is 2.08. The molecule has 0 fully saturated rings. The fourth-order valence-corrected chi connectivity index (χ4v) is 1.24. The van der Waals surface area contributed by atoms with Crippen molar-refractivity contribution in [1.82, 2.24) is 15.0 Å². The predicted octanol–water partition coefficient (Wildman–Crippen LogP) is 1.33. The van der Waals surface area contributed by atoms with Gasteiger partial charge in [-0.1, -0.05) is 0 Å². The molecule has 2 N–H and O–H groups in total. The maximum atomic E-state index is 12.1. The van der Waals surface area contributed by atoms with E-state index in [2.05, 4.69) is 15.0 Å². The number of aromatic amines is 1. The topological polar surface area (TPSA) is 94.5 Å². The van der Waals surface area contributed by atoms with Crippen molar-refractivity contribution in [3.05, 3.63) is 18.1 Å². The molecule has 6 nitrogen and oxygen atoms in total. The fraction of sp³-hybridized carbons (Fsp3) is 0.111. The first-order valence-electron chi connectivity index (χ1n) is 4.54. The average molecular weight is 255 g/mol. The number of nitrogens with zero attached hydrogens (tertiary/aromatic N) is 3. The Morgan fingerprint density at radius 2 is 2.22 bits per heavy atom. The van der Waals surface area contributed by atoms with Crippen LogP contribution in [0.4, 0.5) is 18.9 Å². The number of H-pyrrole nitrogens is 1. The van der Waals surface area contributed by atoms with Gasteiger partial charge in [-0.25, -0.2) is 9.97 Å². The number of amides is 1. The van der Waals surface area contributed by atoms with Gasteiger partial charge in [-0.15, -0.1) is 0 Å². The number of rotatable bonds is 1. The number of carbonyl (C=O) groups is 1. The van der Waals surface area contributed by atoms with E-state index in [1.54, 1.807) is 11.4 Å². The summed E-state index contributed by atoms with van der Waals surface area (Å²) in [6.07, 6.45) is -3.76. The number of anilines is 1. The largest absolute Gasteiger partial charge is 0.471 e. The van der Waals surface area contributed by atoms with Gasteiger partial charge in [-0.05, 0) is 6.07 Å². The van der Waals surface area contributed by atoms with Crippen LogP contribution in [0.15, 0.2) is 12.4 Å². The molecular formula is C9H4F3N5O. The van der Waals surface area contributed by atoms with Crippen molar-refractivity contribution in [2.45, 2.75) is 6.18 Å². The zero-order valence-electron chi connectivity index (χ0n) is 8.54. The van der Waals surface area contributed by atoms with E-state index < -0.39 is 12.1 Å². The molecule has 0 aromatic carbocycles. The molecule has 92 valence electrons. The van der Waals surface area contributed by atoms with Gasteiger partial charge in [0.1, 0.15) is 6.07 Å². The number of halogens is 3. The Kier molecular flexibility index (Phi) is 2.63. The van der Waals surface area contributed by atoms with Crippen molar-refractivity contribution in [3.8, 4) is 6.07 Å². The van der Waals surface area contributed by atoms with Crippen LogP contribution in [0.1, 0.15) is 5.69 Å². The zero-order valence-corrected chi connectivity index (χ0v) is 8.54. The van der Waals surface area contributed by atoms with Crippen LogP contribution >= 0.6 is 0 Å². The van der Waals surface area contributed by atoms with E-state index in [1.165, 1.54) is 6.33 Å². The molecule has 0 spiro atoms. The summed E-state index contributed by atoms with van der Waals surface area (Å²) in [5, 5.41) is 10.3. The Labute approximate surface area is 97.5 Å². The molecule has 0 saturated carbocycles. The summed E-state index contributed by atoms with van der Waals surface area (Å²) in [7, 11) is 0. The summed E-state index contributed by atoms with van der Waals surface area (Å²) in [6.45, 7) is 0. The van der Waals surface area contributed by atoms with E-state index in [9.17, 15) is 18.0 Å². The molecule has 2 aromatic heterocycles. The highest BCUT2D eigenvalue weighted by atomic mass is 19.4. The maximum absolute atomic E-state index is 12.1. The summed E-state index contributed by atoms with van der Waals surface area (Å²) < 4.78 is 36.3. The van der Waals surface area contributed by atoms with Crippen molar-refractivity contribution < 1.29 is 18.0 Å². The molecule has 0 aliphatic heterocycles. The first-order chi connectivity index (χ1) is 8.41. The van der Waals surface area contributed by atoms with Gasteiger partial charge in [0.15, 0.2) is 11.3 Å². The number of pyridine rings is 1. The second kappa shape index (κ2) is 3.99. The Morgan fingerprint density at radius 1 is 1.50 bits per heavy atom. The molecule has 0 aliphatic rings. The smallest absolute Gasteiger partial charge is 0.343 e. The second-order valence-electron chi connectivity index (χ2n) is 3.22. The number of aromatic nitrogens is 3. The van der Waals surface area contributed by atoms with Gasteiger partial charge in [0.05, 0.1) is 17.5 Å². The van der Waals surface area contributed by atoms with E-state index >= 15 is 0 Å². The van der Waals surface area contributed by atoms with E-state index in [4.69, 9.17) is 5.26 Å². The molecule has 2 aromatic rings. The summed E-state index contributed by atoms with van der Waals surface area (Å²) in [5.41, 5.74) is -0.174. The Hall–Kier alpha value is -2.63. The molecule has 0 radical (unpaired) electrons. The van der Waals surface area contributed by atoms with Crippen LogP contribution in [0, 0.1) is 11.3 Å². The number of nitriles is 1. The van der Waals surface area contributed by atoms with Crippen LogP contribution in [-0.2, 0) is 4.79 Å². The van der Waals surface area contributed by atoms with Crippen LogP contribution in [0.5, 0.6) is 0 Å². The third-order valence-electron chi connectivity index (χ3n) is 2.02. The molecule has 2 heterocycles. The van der Waals surface area contributed by atoms with Crippen LogP contribution < -0.4 is 5.32 Å². The molecule has 0 aliphatic carbocycles. The summed E-state index contributed by atoms with van der Waals surface area (Å²) >= 11 is 0. The van der Waals surface area contributed by atoms with Gasteiger partial charge in [0.25, 0.3) is 0 Å². The van der Waals surface area contributed by atoms with Crippen molar-refractivity contribution >= 4 is 22.8 Å². The average Bonchev–Trinajstić information content (AvgIpc) is 2.73. The van der Waals surface area contributed by atoms with Crippen molar-refractivity contribution in [1.29, 1.82) is 5.26 Å². The molecule has 9 heteroatoms. The minimum absolute atomic E-state index is 0.177. The Morgan fingerprint density at radius 3 is 2.83 bits per heavy atom. The lowest BCUT2D eigenvalue weighted by Crippen LogP contribution is -2.30. The number of nitrogens with one attached hydrogen (secondary N) is 2. The van der Waals surface area contributed by atoms with E-state index in [0.29, 0.717) is 5.52 Å². The lowest BCUT2D eigenvalue weighted by molar-refractivity contribution is -0.167. The predicted molar refractivity (Wildman–Crippen MR) is 53.3 cm³/mol. The van der Waals surface area contributed by atoms with Gasteiger partial charge < -0.3 is 10.3 Å². The molecular weight excluding hydrogens is 251 g/mol. The number of alkyl halides is 3. The molecule has 1 amide bonds. The number of hydrogen-bond acceptors (Lipinski definition) is 4. The van der Waals surface area contributed by atoms with E-state index in [0.717, 1.165) is 6.07 Å². The highest BCUT2D eigenvalue weighted by molar-refractivity contribution is 5.97. The third-order valence-corrected chi connectivity index (χ3v) is 2.02. The number of fused-ring (bicyclic) bond motifs is 1.